The number of hydrogen-bond acceptors (Lipinski definition) is 3. The summed E-state index contributed by atoms with van der Waals surface area (Å²) in [6.45, 7) is 8.95. The van der Waals surface area contributed by atoms with Crippen LogP contribution in [0.3, 0.4) is 0 Å². The van der Waals surface area contributed by atoms with Crippen molar-refractivity contribution < 1.29 is 5.11 Å². The second-order valence-corrected chi connectivity index (χ2v) is 5.67. The largest absolute Gasteiger partial charge is 0.508 e. The maximum absolute atomic E-state index is 9.50. The standard InChI is InChI=1S/C17H28N4O.HI/c1-3-18-17(19-12-14-7-5-9-16(22)11-14)20-13-15-8-6-10-21(15)4-2;/h5,7,9,11,15,22H,3-4,6,8,10,12-13H2,1-2H3,(H2,18,19,20);1H. The van der Waals surface area contributed by atoms with Gasteiger partial charge >= 0.3 is 0 Å². The van der Waals surface area contributed by atoms with Gasteiger partial charge in [0.05, 0.1) is 6.54 Å². The Labute approximate surface area is 156 Å². The molecule has 1 saturated heterocycles. The van der Waals surface area contributed by atoms with Crippen molar-refractivity contribution in [3.8, 4) is 5.75 Å². The Balaban J connectivity index is 0.00000264. The number of aliphatic imine (C=N–C) groups is 1. The molecule has 2 rings (SSSR count). The number of phenols is 1. The van der Waals surface area contributed by atoms with Crippen LogP contribution in [0.25, 0.3) is 0 Å². The predicted octanol–water partition coefficient (Wildman–Crippen LogP) is 2.55. The zero-order valence-electron chi connectivity index (χ0n) is 14.1. The highest BCUT2D eigenvalue weighted by Gasteiger charge is 2.22. The first-order chi connectivity index (χ1) is 10.7. The monoisotopic (exact) mass is 432 g/mol. The molecule has 0 spiro atoms. The van der Waals surface area contributed by atoms with Gasteiger partial charge < -0.3 is 15.7 Å². The Hall–Kier alpha value is -1.02. The molecule has 1 aliphatic rings. The van der Waals surface area contributed by atoms with Crippen LogP contribution in [-0.2, 0) is 6.54 Å². The molecule has 1 atom stereocenters. The van der Waals surface area contributed by atoms with Crippen molar-refractivity contribution in [2.45, 2.75) is 39.3 Å². The first-order valence-corrected chi connectivity index (χ1v) is 8.27. The fraction of sp³-hybridized carbons (Fsp3) is 0.588. The number of benzene rings is 1. The molecular formula is C17H29IN4O. The minimum atomic E-state index is 0. The average Bonchev–Trinajstić information content (AvgIpc) is 2.97. The fourth-order valence-corrected chi connectivity index (χ4v) is 2.92. The van der Waals surface area contributed by atoms with E-state index in [1.807, 2.05) is 12.1 Å². The van der Waals surface area contributed by atoms with E-state index in [0.29, 0.717) is 12.6 Å². The molecule has 0 aromatic heterocycles. The van der Waals surface area contributed by atoms with Gasteiger partial charge in [0, 0.05) is 19.1 Å². The summed E-state index contributed by atoms with van der Waals surface area (Å²) in [4.78, 5) is 7.12. The van der Waals surface area contributed by atoms with Gasteiger partial charge in [-0.25, -0.2) is 4.99 Å². The molecule has 1 fully saturated rings. The molecule has 23 heavy (non-hydrogen) atoms. The van der Waals surface area contributed by atoms with Gasteiger partial charge in [-0.3, -0.25) is 4.90 Å². The topological polar surface area (TPSA) is 59.9 Å². The number of aromatic hydroxyl groups is 1. The van der Waals surface area contributed by atoms with E-state index >= 15 is 0 Å². The van der Waals surface area contributed by atoms with E-state index in [-0.39, 0.29) is 29.7 Å². The van der Waals surface area contributed by atoms with Crippen LogP contribution in [0.1, 0.15) is 32.3 Å². The second kappa shape index (κ2) is 10.7. The van der Waals surface area contributed by atoms with E-state index < -0.39 is 0 Å². The zero-order valence-corrected chi connectivity index (χ0v) is 16.4. The highest BCUT2D eigenvalue weighted by Crippen LogP contribution is 2.15. The van der Waals surface area contributed by atoms with Crippen molar-refractivity contribution >= 4 is 29.9 Å². The highest BCUT2D eigenvalue weighted by atomic mass is 127. The molecule has 1 aliphatic heterocycles. The Morgan fingerprint density at radius 1 is 1.35 bits per heavy atom. The summed E-state index contributed by atoms with van der Waals surface area (Å²) in [6, 6.07) is 7.86. The third kappa shape index (κ3) is 6.55. The van der Waals surface area contributed by atoms with Crippen LogP contribution in [0.2, 0.25) is 0 Å². The third-order valence-electron chi connectivity index (χ3n) is 4.08. The summed E-state index contributed by atoms with van der Waals surface area (Å²) in [5, 5.41) is 16.2. The maximum atomic E-state index is 9.50. The molecular weight excluding hydrogens is 403 g/mol. The second-order valence-electron chi connectivity index (χ2n) is 5.67. The molecule has 1 aromatic carbocycles. The van der Waals surface area contributed by atoms with Crippen molar-refractivity contribution in [2.75, 3.05) is 26.2 Å². The van der Waals surface area contributed by atoms with Crippen molar-refractivity contribution in [3.63, 3.8) is 0 Å². The van der Waals surface area contributed by atoms with E-state index in [1.165, 1.54) is 19.4 Å². The van der Waals surface area contributed by atoms with E-state index in [4.69, 9.17) is 0 Å². The molecule has 1 aromatic rings. The zero-order chi connectivity index (χ0) is 15.8. The average molecular weight is 432 g/mol. The molecule has 0 bridgehead atoms. The number of guanidine groups is 1. The lowest BCUT2D eigenvalue weighted by molar-refractivity contribution is 0.267. The van der Waals surface area contributed by atoms with Gasteiger partial charge in [0.15, 0.2) is 5.96 Å². The number of likely N-dealkylation sites (N-methyl/N-ethyl adjacent to an activating group) is 1. The van der Waals surface area contributed by atoms with Crippen LogP contribution in [0, 0.1) is 0 Å². The van der Waals surface area contributed by atoms with Crippen molar-refractivity contribution in [1.29, 1.82) is 0 Å². The molecule has 3 N–H and O–H groups in total. The first-order valence-electron chi connectivity index (χ1n) is 8.27. The number of hydrogen-bond donors (Lipinski definition) is 3. The van der Waals surface area contributed by atoms with Crippen molar-refractivity contribution in [1.82, 2.24) is 15.5 Å². The van der Waals surface area contributed by atoms with Gasteiger partial charge in [0.25, 0.3) is 0 Å². The van der Waals surface area contributed by atoms with E-state index in [0.717, 1.165) is 31.2 Å². The highest BCUT2D eigenvalue weighted by molar-refractivity contribution is 14.0. The summed E-state index contributed by atoms with van der Waals surface area (Å²) in [6.07, 6.45) is 2.55. The normalized spacial score (nSPS) is 18.5. The van der Waals surface area contributed by atoms with Gasteiger partial charge in [-0.05, 0) is 50.6 Å². The summed E-state index contributed by atoms with van der Waals surface area (Å²) >= 11 is 0. The Morgan fingerprint density at radius 3 is 2.87 bits per heavy atom. The van der Waals surface area contributed by atoms with E-state index in [9.17, 15) is 5.11 Å². The number of halogens is 1. The Bertz CT molecular complexity index is 495. The molecule has 0 amide bonds. The molecule has 130 valence electrons. The lowest BCUT2D eigenvalue weighted by Gasteiger charge is -2.24. The summed E-state index contributed by atoms with van der Waals surface area (Å²) in [5.41, 5.74) is 1.01. The van der Waals surface area contributed by atoms with Gasteiger partial charge in [-0.2, -0.15) is 0 Å². The van der Waals surface area contributed by atoms with Crippen LogP contribution in [0.15, 0.2) is 29.3 Å². The van der Waals surface area contributed by atoms with Crippen LogP contribution in [0.4, 0.5) is 0 Å². The minimum Gasteiger partial charge on any atom is -0.508 e. The lowest BCUT2D eigenvalue weighted by Crippen LogP contribution is -2.44. The van der Waals surface area contributed by atoms with E-state index in [1.54, 1.807) is 12.1 Å². The van der Waals surface area contributed by atoms with Crippen molar-refractivity contribution in [2.24, 2.45) is 4.99 Å². The minimum absolute atomic E-state index is 0. The molecule has 1 unspecified atom stereocenters. The summed E-state index contributed by atoms with van der Waals surface area (Å²) < 4.78 is 0. The number of phenolic OH excluding ortho intramolecular Hbond substituents is 1. The summed E-state index contributed by atoms with van der Waals surface area (Å²) in [7, 11) is 0. The SMILES string of the molecule is CCNC(=NCc1cccc(O)c1)NCC1CCCN1CC.I. The molecule has 0 saturated carbocycles. The number of nitrogens with zero attached hydrogens (tertiary/aromatic N) is 2. The first kappa shape index (κ1) is 20.0. The van der Waals surface area contributed by atoms with Gasteiger partial charge in [-0.1, -0.05) is 19.1 Å². The van der Waals surface area contributed by atoms with Crippen LogP contribution in [0.5, 0.6) is 5.75 Å². The number of rotatable bonds is 6. The Kier molecular flexibility index (Phi) is 9.31. The fourth-order valence-electron chi connectivity index (χ4n) is 2.92. The molecule has 6 heteroatoms. The maximum Gasteiger partial charge on any atom is 0.191 e. The van der Waals surface area contributed by atoms with Crippen molar-refractivity contribution in [3.05, 3.63) is 29.8 Å². The number of nitrogens with one attached hydrogen (secondary N) is 2. The van der Waals surface area contributed by atoms with E-state index in [2.05, 4.69) is 34.4 Å². The summed E-state index contributed by atoms with van der Waals surface area (Å²) in [5.74, 6) is 1.13. The van der Waals surface area contributed by atoms with Crippen LogP contribution >= 0.6 is 24.0 Å². The Morgan fingerprint density at radius 2 is 2.17 bits per heavy atom. The van der Waals surface area contributed by atoms with Gasteiger partial charge in [0.1, 0.15) is 5.75 Å². The van der Waals surface area contributed by atoms with Crippen LogP contribution < -0.4 is 10.6 Å². The predicted molar refractivity (Wildman–Crippen MR) is 107 cm³/mol. The lowest BCUT2D eigenvalue weighted by atomic mass is 10.2. The molecule has 5 nitrogen and oxygen atoms in total. The van der Waals surface area contributed by atoms with Crippen LogP contribution in [-0.4, -0.2) is 48.2 Å². The number of likely N-dealkylation sites (tertiary alicyclic amines) is 1. The third-order valence-corrected chi connectivity index (χ3v) is 4.08. The quantitative estimate of drug-likeness (QED) is 0.368. The molecule has 0 aliphatic carbocycles. The van der Waals surface area contributed by atoms with Gasteiger partial charge in [-0.15, -0.1) is 24.0 Å². The van der Waals surface area contributed by atoms with Gasteiger partial charge in [0.2, 0.25) is 0 Å². The smallest absolute Gasteiger partial charge is 0.191 e. The molecule has 1 heterocycles. The molecule has 0 radical (unpaired) electrons.